The second kappa shape index (κ2) is 6.13. The van der Waals surface area contributed by atoms with E-state index < -0.39 is 10.0 Å². The molecule has 0 aliphatic carbocycles. The fraction of sp³-hybridized carbons (Fsp3) is 0.357. The van der Waals surface area contributed by atoms with Crippen LogP contribution in [0.4, 0.5) is 5.69 Å². The molecule has 1 atom stereocenters. The summed E-state index contributed by atoms with van der Waals surface area (Å²) in [6.45, 7) is 5.53. The van der Waals surface area contributed by atoms with Crippen molar-refractivity contribution in [2.24, 2.45) is 0 Å². The van der Waals surface area contributed by atoms with Gasteiger partial charge in [-0.3, -0.25) is 0 Å². The molecule has 5 nitrogen and oxygen atoms in total. The zero-order chi connectivity index (χ0) is 15.6. The summed E-state index contributed by atoms with van der Waals surface area (Å²) in [5.41, 5.74) is 6.80. The van der Waals surface area contributed by atoms with E-state index in [2.05, 4.69) is 9.71 Å². The molecular weight excluding hydrogens is 306 g/mol. The largest absolute Gasteiger partial charge is 0.398 e. The molecule has 3 N–H and O–H groups in total. The summed E-state index contributed by atoms with van der Waals surface area (Å²) in [4.78, 5) is 5.62. The number of sulfonamides is 1. The highest BCUT2D eigenvalue weighted by Crippen LogP contribution is 2.25. The first-order valence-electron chi connectivity index (χ1n) is 6.67. The second-order valence-electron chi connectivity index (χ2n) is 4.83. The summed E-state index contributed by atoms with van der Waals surface area (Å²) >= 11 is 1.52. The van der Waals surface area contributed by atoms with E-state index in [0.717, 1.165) is 16.3 Å². The number of hydrogen-bond donors (Lipinski definition) is 2. The zero-order valence-electron chi connectivity index (χ0n) is 12.3. The van der Waals surface area contributed by atoms with E-state index in [0.29, 0.717) is 11.3 Å². The smallest absolute Gasteiger partial charge is 0.241 e. The molecule has 1 unspecified atom stereocenters. The molecule has 2 rings (SSSR count). The number of hydrogen-bond acceptors (Lipinski definition) is 5. The number of rotatable bonds is 5. The first-order valence-corrected chi connectivity index (χ1v) is 8.97. The van der Waals surface area contributed by atoms with Gasteiger partial charge in [-0.2, -0.15) is 0 Å². The Kier molecular flexibility index (Phi) is 4.65. The maximum absolute atomic E-state index is 12.5. The first-order chi connectivity index (χ1) is 9.85. The number of nitrogen functional groups attached to an aromatic ring is 1. The Morgan fingerprint density at radius 1 is 1.43 bits per heavy atom. The van der Waals surface area contributed by atoms with Crippen LogP contribution >= 0.6 is 11.3 Å². The summed E-state index contributed by atoms with van der Waals surface area (Å²) < 4.78 is 27.6. The SMILES string of the molecule is CCc1cnc(C(C)NS(=O)(=O)c2cccc(N)c2C)s1. The van der Waals surface area contributed by atoms with Gasteiger partial charge in [0.2, 0.25) is 10.0 Å². The first kappa shape index (κ1) is 15.9. The van der Waals surface area contributed by atoms with Crippen molar-refractivity contribution in [2.75, 3.05) is 5.73 Å². The Balaban J connectivity index is 2.26. The lowest BCUT2D eigenvalue weighted by Crippen LogP contribution is -2.27. The molecule has 0 aliphatic heterocycles. The number of thiazole rings is 1. The Morgan fingerprint density at radius 2 is 2.14 bits per heavy atom. The third-order valence-electron chi connectivity index (χ3n) is 3.24. The van der Waals surface area contributed by atoms with Gasteiger partial charge in [0.05, 0.1) is 10.9 Å². The minimum atomic E-state index is -3.62. The van der Waals surface area contributed by atoms with Gasteiger partial charge in [-0.1, -0.05) is 13.0 Å². The molecule has 114 valence electrons. The molecule has 21 heavy (non-hydrogen) atoms. The van der Waals surface area contributed by atoms with Gasteiger partial charge in [-0.25, -0.2) is 18.1 Å². The van der Waals surface area contributed by atoms with Crippen LogP contribution in [-0.2, 0) is 16.4 Å². The summed E-state index contributed by atoms with van der Waals surface area (Å²) in [6.07, 6.45) is 2.68. The Bertz CT molecular complexity index is 738. The molecule has 0 amide bonds. The summed E-state index contributed by atoms with van der Waals surface area (Å²) in [6, 6.07) is 4.51. The topological polar surface area (TPSA) is 85.1 Å². The van der Waals surface area contributed by atoms with Crippen molar-refractivity contribution in [1.29, 1.82) is 0 Å². The lowest BCUT2D eigenvalue weighted by atomic mass is 10.2. The summed E-state index contributed by atoms with van der Waals surface area (Å²) in [5.74, 6) is 0. The molecule has 0 bridgehead atoms. The molecule has 1 aromatic carbocycles. The highest BCUT2D eigenvalue weighted by Gasteiger charge is 2.22. The highest BCUT2D eigenvalue weighted by molar-refractivity contribution is 7.89. The van der Waals surface area contributed by atoms with Crippen LogP contribution in [0.25, 0.3) is 0 Å². The van der Waals surface area contributed by atoms with Crippen LogP contribution in [0.15, 0.2) is 29.3 Å². The lowest BCUT2D eigenvalue weighted by molar-refractivity contribution is 0.566. The van der Waals surface area contributed by atoms with Crippen LogP contribution in [0.2, 0.25) is 0 Å². The molecule has 0 saturated heterocycles. The number of nitrogens with zero attached hydrogens (tertiary/aromatic N) is 1. The third kappa shape index (κ3) is 3.42. The summed E-state index contributed by atoms with van der Waals surface area (Å²) in [5, 5.41) is 0.761. The molecule has 1 aromatic heterocycles. The van der Waals surface area contributed by atoms with E-state index in [1.54, 1.807) is 38.2 Å². The van der Waals surface area contributed by atoms with Crippen molar-refractivity contribution >= 4 is 27.0 Å². The van der Waals surface area contributed by atoms with Gasteiger partial charge in [-0.05, 0) is 38.0 Å². The quantitative estimate of drug-likeness (QED) is 0.828. The molecule has 0 radical (unpaired) electrons. The number of aryl methyl sites for hydroxylation is 1. The second-order valence-corrected chi connectivity index (χ2v) is 7.66. The standard InChI is InChI=1S/C14H19N3O2S2/c1-4-11-8-16-14(20-11)10(3)17-21(18,19)13-7-5-6-12(15)9(13)2/h5-8,10,17H,4,15H2,1-3H3. The van der Waals surface area contributed by atoms with Crippen molar-refractivity contribution < 1.29 is 8.42 Å². The monoisotopic (exact) mass is 325 g/mol. The minimum Gasteiger partial charge on any atom is -0.398 e. The van der Waals surface area contributed by atoms with Gasteiger partial charge < -0.3 is 5.73 Å². The van der Waals surface area contributed by atoms with Crippen LogP contribution in [0.5, 0.6) is 0 Å². The number of aromatic nitrogens is 1. The maximum Gasteiger partial charge on any atom is 0.241 e. The molecule has 0 saturated carbocycles. The zero-order valence-corrected chi connectivity index (χ0v) is 13.9. The molecule has 0 fully saturated rings. The Labute approximate surface area is 129 Å². The lowest BCUT2D eigenvalue weighted by Gasteiger charge is -2.14. The van der Waals surface area contributed by atoms with Crippen LogP contribution in [0.1, 0.15) is 35.3 Å². The molecule has 0 spiro atoms. The van der Waals surface area contributed by atoms with Crippen LogP contribution < -0.4 is 10.5 Å². The third-order valence-corrected chi connectivity index (χ3v) is 6.25. The van der Waals surface area contributed by atoms with Crippen molar-refractivity contribution in [1.82, 2.24) is 9.71 Å². The van der Waals surface area contributed by atoms with Crippen molar-refractivity contribution in [2.45, 2.75) is 38.1 Å². The Morgan fingerprint density at radius 3 is 2.76 bits per heavy atom. The minimum absolute atomic E-state index is 0.210. The van der Waals surface area contributed by atoms with Gasteiger partial charge >= 0.3 is 0 Å². The predicted octanol–water partition coefficient (Wildman–Crippen LogP) is 2.64. The Hall–Kier alpha value is -1.44. The molecule has 0 aliphatic rings. The van der Waals surface area contributed by atoms with Gasteiger partial charge in [0.15, 0.2) is 0 Å². The van der Waals surface area contributed by atoms with Crippen molar-refractivity contribution in [3.63, 3.8) is 0 Å². The van der Waals surface area contributed by atoms with E-state index in [1.807, 2.05) is 6.92 Å². The van der Waals surface area contributed by atoms with Crippen LogP contribution in [0.3, 0.4) is 0 Å². The maximum atomic E-state index is 12.5. The normalized spacial score (nSPS) is 13.3. The van der Waals surface area contributed by atoms with Crippen LogP contribution in [-0.4, -0.2) is 13.4 Å². The van der Waals surface area contributed by atoms with E-state index in [1.165, 1.54) is 11.3 Å². The van der Waals surface area contributed by atoms with Crippen molar-refractivity contribution in [3.05, 3.63) is 39.8 Å². The van der Waals surface area contributed by atoms with Gasteiger partial charge in [0, 0.05) is 16.8 Å². The van der Waals surface area contributed by atoms with Crippen LogP contribution in [0, 0.1) is 6.92 Å². The molecule has 1 heterocycles. The number of nitrogens with one attached hydrogen (secondary N) is 1. The van der Waals surface area contributed by atoms with E-state index in [-0.39, 0.29) is 10.9 Å². The van der Waals surface area contributed by atoms with E-state index in [4.69, 9.17) is 5.73 Å². The number of anilines is 1. The van der Waals surface area contributed by atoms with Gasteiger partial charge in [-0.15, -0.1) is 11.3 Å². The average Bonchev–Trinajstić information content (AvgIpc) is 2.90. The predicted molar refractivity (Wildman–Crippen MR) is 85.8 cm³/mol. The van der Waals surface area contributed by atoms with E-state index >= 15 is 0 Å². The fourth-order valence-corrected chi connectivity index (χ4v) is 4.37. The molecule has 7 heteroatoms. The van der Waals surface area contributed by atoms with E-state index in [9.17, 15) is 8.42 Å². The number of nitrogens with two attached hydrogens (primary N) is 1. The average molecular weight is 325 g/mol. The van der Waals surface area contributed by atoms with Gasteiger partial charge in [0.25, 0.3) is 0 Å². The number of benzene rings is 1. The molecule has 2 aromatic rings. The van der Waals surface area contributed by atoms with Crippen molar-refractivity contribution in [3.8, 4) is 0 Å². The highest BCUT2D eigenvalue weighted by atomic mass is 32.2. The molecular formula is C14H19N3O2S2. The fourth-order valence-electron chi connectivity index (χ4n) is 1.96. The summed E-state index contributed by atoms with van der Waals surface area (Å²) in [7, 11) is -3.62. The van der Waals surface area contributed by atoms with Gasteiger partial charge in [0.1, 0.15) is 5.01 Å².